The van der Waals surface area contributed by atoms with Crippen molar-refractivity contribution in [3.05, 3.63) is 34.0 Å². The molecule has 1 aromatic heterocycles. The lowest BCUT2D eigenvalue weighted by atomic mass is 10.1. The lowest BCUT2D eigenvalue weighted by Crippen LogP contribution is -2.20. The van der Waals surface area contributed by atoms with E-state index < -0.39 is 22.9 Å². The first-order valence-electron chi connectivity index (χ1n) is 4.09. The maximum atomic E-state index is 10.6. The molecule has 0 aromatic carbocycles. The monoisotopic (exact) mass is 232 g/mol. The fourth-order valence-corrected chi connectivity index (χ4v) is 1.25. The SMILES string of the molecule is O=[N+]([O-])c1ncccc1C(O)C(O)CCl. The van der Waals surface area contributed by atoms with Gasteiger partial charge in [-0.2, -0.15) is 0 Å². The lowest BCUT2D eigenvalue weighted by Gasteiger charge is -2.14. The number of alkyl halides is 1. The Balaban J connectivity index is 3.07. The Hall–Kier alpha value is -1.24. The van der Waals surface area contributed by atoms with Crippen LogP contribution >= 0.6 is 11.6 Å². The molecule has 0 aliphatic carbocycles. The van der Waals surface area contributed by atoms with Gasteiger partial charge >= 0.3 is 5.82 Å². The third-order valence-corrected chi connectivity index (χ3v) is 2.15. The normalized spacial score (nSPS) is 14.6. The number of aromatic nitrogens is 1. The lowest BCUT2D eigenvalue weighted by molar-refractivity contribution is -0.391. The fourth-order valence-electron chi connectivity index (χ4n) is 1.08. The van der Waals surface area contributed by atoms with Gasteiger partial charge in [-0.1, -0.05) is 0 Å². The average molecular weight is 233 g/mol. The molecule has 1 aromatic rings. The van der Waals surface area contributed by atoms with Crippen molar-refractivity contribution in [3.8, 4) is 0 Å². The highest BCUT2D eigenvalue weighted by molar-refractivity contribution is 6.18. The maximum absolute atomic E-state index is 10.6. The highest BCUT2D eigenvalue weighted by Gasteiger charge is 2.26. The van der Waals surface area contributed by atoms with E-state index in [1.807, 2.05) is 0 Å². The Kier molecular flexibility index (Phi) is 3.96. The van der Waals surface area contributed by atoms with Crippen LogP contribution < -0.4 is 0 Å². The molecule has 0 fully saturated rings. The molecule has 0 amide bonds. The predicted molar refractivity (Wildman–Crippen MR) is 52.6 cm³/mol. The summed E-state index contributed by atoms with van der Waals surface area (Å²) in [7, 11) is 0. The van der Waals surface area contributed by atoms with E-state index in [0.29, 0.717) is 0 Å². The van der Waals surface area contributed by atoms with Crippen LogP contribution in [0.4, 0.5) is 5.82 Å². The Labute approximate surface area is 90.3 Å². The van der Waals surface area contributed by atoms with Crippen molar-refractivity contribution in [2.24, 2.45) is 0 Å². The van der Waals surface area contributed by atoms with Crippen LogP contribution in [-0.4, -0.2) is 32.1 Å². The molecule has 1 heterocycles. The van der Waals surface area contributed by atoms with Gasteiger partial charge in [0.25, 0.3) is 0 Å². The van der Waals surface area contributed by atoms with Crippen LogP contribution in [0.3, 0.4) is 0 Å². The zero-order valence-corrected chi connectivity index (χ0v) is 8.33. The molecule has 0 aliphatic heterocycles. The van der Waals surface area contributed by atoms with E-state index in [9.17, 15) is 20.3 Å². The summed E-state index contributed by atoms with van der Waals surface area (Å²) in [5, 5.41) is 29.3. The molecule has 2 unspecified atom stereocenters. The van der Waals surface area contributed by atoms with Crippen LogP contribution in [0.25, 0.3) is 0 Å². The number of hydrogen-bond donors (Lipinski definition) is 2. The van der Waals surface area contributed by atoms with Crippen molar-refractivity contribution in [1.82, 2.24) is 4.98 Å². The minimum atomic E-state index is -1.41. The average Bonchev–Trinajstić information content (AvgIpc) is 2.27. The number of rotatable bonds is 4. The molecule has 15 heavy (non-hydrogen) atoms. The topological polar surface area (TPSA) is 96.5 Å². The molecule has 0 spiro atoms. The van der Waals surface area contributed by atoms with E-state index in [-0.39, 0.29) is 11.4 Å². The Morgan fingerprint density at radius 1 is 1.60 bits per heavy atom. The first kappa shape index (κ1) is 11.8. The second-order valence-electron chi connectivity index (χ2n) is 2.84. The van der Waals surface area contributed by atoms with Crippen LogP contribution in [-0.2, 0) is 0 Å². The van der Waals surface area contributed by atoms with Gasteiger partial charge in [0.05, 0.1) is 17.5 Å². The van der Waals surface area contributed by atoms with Crippen molar-refractivity contribution in [2.45, 2.75) is 12.2 Å². The molecule has 6 nitrogen and oxygen atoms in total. The summed E-state index contributed by atoms with van der Waals surface area (Å²) in [4.78, 5) is 13.3. The van der Waals surface area contributed by atoms with E-state index in [4.69, 9.17) is 11.6 Å². The molecule has 82 valence electrons. The Bertz CT molecular complexity index is 360. The van der Waals surface area contributed by atoms with Crippen LogP contribution in [0.1, 0.15) is 11.7 Å². The number of halogens is 1. The van der Waals surface area contributed by atoms with E-state index in [0.717, 1.165) is 0 Å². The van der Waals surface area contributed by atoms with Gasteiger partial charge in [0.15, 0.2) is 0 Å². The summed E-state index contributed by atoms with van der Waals surface area (Å²) >= 11 is 5.33. The second kappa shape index (κ2) is 5.01. The van der Waals surface area contributed by atoms with E-state index in [2.05, 4.69) is 4.98 Å². The number of hydrogen-bond acceptors (Lipinski definition) is 5. The largest absolute Gasteiger partial charge is 0.389 e. The summed E-state index contributed by atoms with van der Waals surface area (Å²) in [5.41, 5.74) is -0.0457. The number of nitro groups is 1. The molecule has 2 atom stereocenters. The molecule has 7 heteroatoms. The number of aliphatic hydroxyl groups is 2. The number of nitrogens with zero attached hydrogens (tertiary/aromatic N) is 2. The summed E-state index contributed by atoms with van der Waals surface area (Å²) in [6, 6.07) is 2.76. The van der Waals surface area contributed by atoms with Crippen molar-refractivity contribution in [3.63, 3.8) is 0 Å². The van der Waals surface area contributed by atoms with Gasteiger partial charge in [0.1, 0.15) is 12.3 Å². The highest BCUT2D eigenvalue weighted by atomic mass is 35.5. The summed E-state index contributed by atoms with van der Waals surface area (Å²) < 4.78 is 0. The predicted octanol–water partition coefficient (Wildman–Crippen LogP) is 0.623. The van der Waals surface area contributed by atoms with Gasteiger partial charge in [0, 0.05) is 0 Å². The van der Waals surface area contributed by atoms with E-state index >= 15 is 0 Å². The van der Waals surface area contributed by atoms with Crippen molar-refractivity contribution < 1.29 is 15.1 Å². The third kappa shape index (κ3) is 2.62. The summed E-state index contributed by atoms with van der Waals surface area (Å²) in [6.07, 6.45) is -1.42. The molecule has 0 saturated carbocycles. The first-order valence-corrected chi connectivity index (χ1v) is 4.62. The quantitative estimate of drug-likeness (QED) is 0.451. The van der Waals surface area contributed by atoms with Gasteiger partial charge in [-0.05, 0) is 22.0 Å². The van der Waals surface area contributed by atoms with Crippen molar-refractivity contribution in [1.29, 1.82) is 0 Å². The van der Waals surface area contributed by atoms with Crippen LogP contribution in [0.5, 0.6) is 0 Å². The van der Waals surface area contributed by atoms with E-state index in [1.165, 1.54) is 18.3 Å². The van der Waals surface area contributed by atoms with Crippen LogP contribution in [0.15, 0.2) is 18.3 Å². The van der Waals surface area contributed by atoms with Crippen LogP contribution in [0, 0.1) is 10.1 Å². The minimum Gasteiger partial charge on any atom is -0.389 e. The van der Waals surface area contributed by atoms with Crippen LogP contribution in [0.2, 0.25) is 0 Å². The standard InChI is InChI=1S/C8H9ClN2O4/c9-4-6(12)7(13)5-2-1-3-10-8(5)11(14)15/h1-3,6-7,12-13H,4H2. The van der Waals surface area contributed by atoms with Gasteiger partial charge in [-0.25, -0.2) is 0 Å². The molecule has 0 aliphatic rings. The second-order valence-corrected chi connectivity index (χ2v) is 3.15. The zero-order valence-electron chi connectivity index (χ0n) is 7.58. The number of pyridine rings is 1. The number of aliphatic hydroxyl groups excluding tert-OH is 2. The maximum Gasteiger partial charge on any atom is 0.369 e. The molecule has 2 N–H and O–H groups in total. The zero-order chi connectivity index (χ0) is 11.4. The minimum absolute atomic E-state index is 0.0457. The summed E-state index contributed by atoms with van der Waals surface area (Å²) in [6.45, 7) is 0. The fraction of sp³-hybridized carbons (Fsp3) is 0.375. The van der Waals surface area contributed by atoms with E-state index in [1.54, 1.807) is 0 Å². The van der Waals surface area contributed by atoms with Crippen molar-refractivity contribution >= 4 is 17.4 Å². The molecule has 0 saturated heterocycles. The smallest absolute Gasteiger partial charge is 0.369 e. The summed E-state index contributed by atoms with van der Waals surface area (Å²) in [5.74, 6) is -0.693. The Morgan fingerprint density at radius 3 is 2.80 bits per heavy atom. The molecule has 1 rings (SSSR count). The third-order valence-electron chi connectivity index (χ3n) is 1.83. The molecular formula is C8H9ClN2O4. The van der Waals surface area contributed by atoms with Gasteiger partial charge in [0.2, 0.25) is 0 Å². The molecule has 0 bridgehead atoms. The first-order chi connectivity index (χ1) is 7.07. The highest BCUT2D eigenvalue weighted by Crippen LogP contribution is 2.25. The van der Waals surface area contributed by atoms with Gasteiger partial charge < -0.3 is 20.3 Å². The van der Waals surface area contributed by atoms with Gasteiger partial charge in [-0.15, -0.1) is 11.6 Å². The van der Waals surface area contributed by atoms with Crippen molar-refractivity contribution in [2.75, 3.05) is 5.88 Å². The van der Waals surface area contributed by atoms with Gasteiger partial charge in [-0.3, -0.25) is 0 Å². The molecular weight excluding hydrogens is 224 g/mol. The molecule has 0 radical (unpaired) electrons. The Morgan fingerprint density at radius 2 is 2.27 bits per heavy atom.